The van der Waals surface area contributed by atoms with Gasteiger partial charge in [-0.3, -0.25) is 4.79 Å². The highest BCUT2D eigenvalue weighted by molar-refractivity contribution is 7.17. The van der Waals surface area contributed by atoms with Gasteiger partial charge in [0.15, 0.2) is 0 Å². The Bertz CT molecular complexity index is 651. The number of carbonyl (C=O) groups excluding carboxylic acids is 1. The Kier molecular flexibility index (Phi) is 4.80. The summed E-state index contributed by atoms with van der Waals surface area (Å²) in [7, 11) is 0. The lowest BCUT2D eigenvalue weighted by atomic mass is 10.2. The van der Waals surface area contributed by atoms with Gasteiger partial charge in [0.25, 0.3) is 0 Å². The largest absolute Gasteiger partial charge is 0.480 e. The van der Waals surface area contributed by atoms with Gasteiger partial charge >= 0.3 is 12.0 Å². The summed E-state index contributed by atoms with van der Waals surface area (Å²) in [5.74, 6) is -0.812. The first-order valence-corrected chi connectivity index (χ1v) is 7.58. The van der Waals surface area contributed by atoms with Crippen LogP contribution in [0.15, 0.2) is 29.6 Å². The zero-order valence-corrected chi connectivity index (χ0v) is 12.8. The van der Waals surface area contributed by atoms with Gasteiger partial charge in [0, 0.05) is 16.9 Å². The molecule has 0 aliphatic carbocycles. The van der Waals surface area contributed by atoms with Crippen molar-refractivity contribution in [1.82, 2.24) is 4.90 Å². The molecule has 1 aromatic heterocycles. The van der Waals surface area contributed by atoms with Crippen LogP contribution in [0, 0.1) is 5.92 Å². The van der Waals surface area contributed by atoms with Crippen molar-refractivity contribution < 1.29 is 14.7 Å². The van der Waals surface area contributed by atoms with E-state index < -0.39 is 5.97 Å². The number of anilines is 1. The predicted molar refractivity (Wildman–Crippen MR) is 84.9 cm³/mol. The molecule has 6 heteroatoms. The van der Waals surface area contributed by atoms with Gasteiger partial charge in [-0.05, 0) is 40.9 Å². The molecule has 0 unspecified atom stereocenters. The van der Waals surface area contributed by atoms with Crippen LogP contribution >= 0.6 is 11.3 Å². The number of urea groups is 1. The fourth-order valence-electron chi connectivity index (χ4n) is 2.07. The normalized spacial score (nSPS) is 10.8. The second-order valence-electron chi connectivity index (χ2n) is 5.27. The maximum atomic E-state index is 12.2. The van der Waals surface area contributed by atoms with Crippen LogP contribution in [0.2, 0.25) is 0 Å². The molecule has 1 aromatic carbocycles. The smallest absolute Gasteiger partial charge is 0.323 e. The first-order chi connectivity index (χ1) is 9.95. The van der Waals surface area contributed by atoms with Gasteiger partial charge in [-0.1, -0.05) is 13.8 Å². The molecule has 2 aromatic rings. The average molecular weight is 306 g/mol. The highest BCUT2D eigenvalue weighted by Crippen LogP contribution is 2.24. The molecule has 0 saturated carbocycles. The van der Waals surface area contributed by atoms with E-state index in [1.165, 1.54) is 4.90 Å². The summed E-state index contributed by atoms with van der Waals surface area (Å²) in [6, 6.07) is 7.25. The summed E-state index contributed by atoms with van der Waals surface area (Å²) in [6.45, 7) is 3.99. The minimum atomic E-state index is -1.01. The Hall–Kier alpha value is -2.08. The number of carbonyl (C=O) groups is 2. The van der Waals surface area contributed by atoms with Crippen molar-refractivity contribution in [3.8, 4) is 0 Å². The number of thiophene rings is 1. The van der Waals surface area contributed by atoms with Crippen molar-refractivity contribution in [2.75, 3.05) is 18.4 Å². The lowest BCUT2D eigenvalue weighted by Gasteiger charge is -2.23. The number of fused-ring (bicyclic) bond motifs is 1. The van der Waals surface area contributed by atoms with Gasteiger partial charge in [0.1, 0.15) is 6.54 Å². The van der Waals surface area contributed by atoms with Gasteiger partial charge in [0.2, 0.25) is 0 Å². The van der Waals surface area contributed by atoms with Gasteiger partial charge in [-0.2, -0.15) is 0 Å². The van der Waals surface area contributed by atoms with E-state index >= 15 is 0 Å². The van der Waals surface area contributed by atoms with Crippen molar-refractivity contribution in [3.63, 3.8) is 0 Å². The van der Waals surface area contributed by atoms with E-state index in [9.17, 15) is 9.59 Å². The van der Waals surface area contributed by atoms with Crippen molar-refractivity contribution >= 4 is 39.1 Å². The van der Waals surface area contributed by atoms with Crippen molar-refractivity contribution in [2.45, 2.75) is 13.8 Å². The molecule has 0 radical (unpaired) electrons. The van der Waals surface area contributed by atoms with Gasteiger partial charge < -0.3 is 15.3 Å². The van der Waals surface area contributed by atoms with E-state index in [-0.39, 0.29) is 18.5 Å². The molecule has 5 nitrogen and oxygen atoms in total. The maximum absolute atomic E-state index is 12.2. The Morgan fingerprint density at radius 3 is 2.76 bits per heavy atom. The molecule has 1 heterocycles. The number of carboxylic acids is 1. The molecule has 0 saturated heterocycles. The highest BCUT2D eigenvalue weighted by Gasteiger charge is 2.18. The third kappa shape index (κ3) is 4.19. The summed E-state index contributed by atoms with van der Waals surface area (Å²) in [5.41, 5.74) is 0.671. The molecule has 0 atom stereocenters. The molecule has 2 N–H and O–H groups in total. The Morgan fingerprint density at radius 2 is 2.10 bits per heavy atom. The number of nitrogens with one attached hydrogen (secondary N) is 1. The quantitative estimate of drug-likeness (QED) is 0.888. The third-order valence-corrected chi connectivity index (χ3v) is 3.80. The Morgan fingerprint density at radius 1 is 1.33 bits per heavy atom. The number of carboxylic acid groups (broad SMARTS) is 1. The van der Waals surface area contributed by atoms with E-state index in [4.69, 9.17) is 5.11 Å². The first kappa shape index (κ1) is 15.3. The second-order valence-corrected chi connectivity index (χ2v) is 6.22. The monoisotopic (exact) mass is 306 g/mol. The summed E-state index contributed by atoms with van der Waals surface area (Å²) >= 11 is 1.64. The number of hydrogen-bond donors (Lipinski definition) is 2. The van der Waals surface area contributed by atoms with Crippen LogP contribution in [-0.2, 0) is 4.79 Å². The van der Waals surface area contributed by atoms with Gasteiger partial charge in [0.05, 0.1) is 0 Å². The minimum absolute atomic E-state index is 0.203. The number of rotatable bonds is 5. The molecule has 112 valence electrons. The zero-order chi connectivity index (χ0) is 15.4. The lowest BCUT2D eigenvalue weighted by molar-refractivity contribution is -0.137. The standard InChI is InChI=1S/C15H18N2O3S/c1-10(2)8-17(9-14(18)19)15(20)16-12-3-4-13-11(7-12)5-6-21-13/h3-7,10H,8-9H2,1-2H3,(H,16,20)(H,18,19). The lowest BCUT2D eigenvalue weighted by Crippen LogP contribution is -2.40. The highest BCUT2D eigenvalue weighted by atomic mass is 32.1. The van der Waals surface area contributed by atoms with Crippen LogP contribution < -0.4 is 5.32 Å². The summed E-state index contributed by atoms with van der Waals surface area (Å²) < 4.78 is 1.15. The number of nitrogens with zero attached hydrogens (tertiary/aromatic N) is 1. The first-order valence-electron chi connectivity index (χ1n) is 6.70. The summed E-state index contributed by atoms with van der Waals surface area (Å²) in [4.78, 5) is 24.4. The minimum Gasteiger partial charge on any atom is -0.480 e. The average Bonchev–Trinajstić information content (AvgIpc) is 2.84. The molecule has 0 spiro atoms. The molecular weight excluding hydrogens is 288 g/mol. The van der Waals surface area contributed by atoms with Crippen LogP contribution in [0.25, 0.3) is 10.1 Å². The third-order valence-electron chi connectivity index (χ3n) is 2.90. The molecule has 2 rings (SSSR count). The van der Waals surface area contributed by atoms with Crippen molar-refractivity contribution in [2.24, 2.45) is 5.92 Å². The number of amides is 2. The van der Waals surface area contributed by atoms with Crippen LogP contribution in [0.1, 0.15) is 13.8 Å². The molecule has 21 heavy (non-hydrogen) atoms. The molecular formula is C15H18N2O3S. The maximum Gasteiger partial charge on any atom is 0.323 e. The molecule has 0 bridgehead atoms. The van der Waals surface area contributed by atoms with E-state index in [2.05, 4.69) is 5.32 Å². The van der Waals surface area contributed by atoms with Crippen LogP contribution in [0.4, 0.5) is 10.5 Å². The SMILES string of the molecule is CC(C)CN(CC(=O)O)C(=O)Nc1ccc2sccc2c1. The fourth-order valence-corrected chi connectivity index (χ4v) is 2.84. The fraction of sp³-hybridized carbons (Fsp3) is 0.333. The number of aliphatic carboxylic acids is 1. The van der Waals surface area contributed by atoms with Crippen LogP contribution in [0.3, 0.4) is 0 Å². The molecule has 0 aliphatic heterocycles. The summed E-state index contributed by atoms with van der Waals surface area (Å²) in [6.07, 6.45) is 0. The van der Waals surface area contributed by atoms with Gasteiger partial charge in [-0.15, -0.1) is 11.3 Å². The van der Waals surface area contributed by atoms with E-state index in [1.807, 2.05) is 43.5 Å². The zero-order valence-electron chi connectivity index (χ0n) is 12.0. The Balaban J connectivity index is 2.10. The van der Waals surface area contributed by atoms with E-state index in [0.29, 0.717) is 12.2 Å². The predicted octanol–water partition coefficient (Wildman–Crippen LogP) is 3.48. The molecule has 0 aliphatic rings. The second kappa shape index (κ2) is 6.58. The topological polar surface area (TPSA) is 69.6 Å². The molecule has 0 fully saturated rings. The van der Waals surface area contributed by atoms with Gasteiger partial charge in [-0.25, -0.2) is 4.79 Å². The number of benzene rings is 1. The number of hydrogen-bond acceptors (Lipinski definition) is 3. The van der Waals surface area contributed by atoms with Crippen molar-refractivity contribution in [3.05, 3.63) is 29.6 Å². The summed E-state index contributed by atoms with van der Waals surface area (Å²) in [5, 5.41) is 14.7. The molecule has 2 amide bonds. The van der Waals surface area contributed by atoms with Crippen LogP contribution in [-0.4, -0.2) is 35.1 Å². The van der Waals surface area contributed by atoms with Crippen LogP contribution in [0.5, 0.6) is 0 Å². The Labute approximate surface area is 127 Å². The van der Waals surface area contributed by atoms with E-state index in [1.54, 1.807) is 11.3 Å². The van der Waals surface area contributed by atoms with E-state index in [0.717, 1.165) is 10.1 Å². The van der Waals surface area contributed by atoms with Crippen molar-refractivity contribution in [1.29, 1.82) is 0 Å².